The highest BCUT2D eigenvalue weighted by Gasteiger charge is 2.29. The molecule has 37 heavy (non-hydrogen) atoms. The van der Waals surface area contributed by atoms with Crippen LogP contribution in [-0.2, 0) is 24.2 Å². The lowest BCUT2D eigenvalue weighted by atomic mass is 10.0. The Labute approximate surface area is 216 Å². The molecule has 2 aromatic carbocycles. The second-order valence-corrected chi connectivity index (χ2v) is 9.89. The Morgan fingerprint density at radius 1 is 1.00 bits per heavy atom. The summed E-state index contributed by atoms with van der Waals surface area (Å²) >= 11 is 0. The molecular weight excluding hydrogens is 462 g/mol. The van der Waals surface area contributed by atoms with Gasteiger partial charge in [-0.2, -0.15) is 0 Å². The van der Waals surface area contributed by atoms with E-state index in [4.69, 9.17) is 5.73 Å². The third kappa shape index (κ3) is 5.59. The SMILES string of the molecule is CC(C)(N)C(=O)NC(Cc1c[nH]c2ccccc12)c1nnc(Cc2ccccc2)n1Cc1ccncc1. The maximum absolute atomic E-state index is 13.1. The molecule has 0 aliphatic rings. The van der Waals surface area contributed by atoms with Gasteiger partial charge >= 0.3 is 0 Å². The van der Waals surface area contributed by atoms with Crippen LogP contribution in [0, 0.1) is 0 Å². The van der Waals surface area contributed by atoms with Crippen LogP contribution < -0.4 is 11.1 Å². The van der Waals surface area contributed by atoms with Gasteiger partial charge in [-0.05, 0) is 48.7 Å². The van der Waals surface area contributed by atoms with Gasteiger partial charge in [0, 0.05) is 42.3 Å². The van der Waals surface area contributed by atoms with Crippen LogP contribution in [0.5, 0.6) is 0 Å². The van der Waals surface area contributed by atoms with E-state index < -0.39 is 11.6 Å². The monoisotopic (exact) mass is 493 g/mol. The van der Waals surface area contributed by atoms with Gasteiger partial charge in [0.05, 0.1) is 18.1 Å². The Balaban J connectivity index is 1.57. The number of carbonyl (C=O) groups excluding carboxylic acids is 1. The molecule has 0 bridgehead atoms. The van der Waals surface area contributed by atoms with E-state index in [0.717, 1.165) is 33.4 Å². The fourth-order valence-electron chi connectivity index (χ4n) is 4.43. The van der Waals surface area contributed by atoms with Crippen molar-refractivity contribution in [3.8, 4) is 0 Å². The van der Waals surface area contributed by atoms with Gasteiger partial charge in [0.2, 0.25) is 5.91 Å². The molecule has 0 aliphatic heterocycles. The number of carbonyl (C=O) groups is 1. The van der Waals surface area contributed by atoms with Crippen LogP contribution >= 0.6 is 0 Å². The molecule has 0 aliphatic carbocycles. The third-order valence-corrected chi connectivity index (χ3v) is 6.45. The first kappa shape index (κ1) is 24.4. The summed E-state index contributed by atoms with van der Waals surface area (Å²) in [6.45, 7) is 3.96. The molecular formula is C29H31N7O. The summed E-state index contributed by atoms with van der Waals surface area (Å²) in [7, 11) is 0. The second-order valence-electron chi connectivity index (χ2n) is 9.89. The van der Waals surface area contributed by atoms with E-state index in [1.165, 1.54) is 0 Å². The van der Waals surface area contributed by atoms with Crippen LogP contribution in [0.1, 0.15) is 48.2 Å². The molecule has 1 unspecified atom stereocenters. The van der Waals surface area contributed by atoms with Crippen molar-refractivity contribution in [1.82, 2.24) is 30.0 Å². The van der Waals surface area contributed by atoms with Gasteiger partial charge in [0.25, 0.3) is 0 Å². The van der Waals surface area contributed by atoms with Crippen LogP contribution in [-0.4, -0.2) is 36.2 Å². The van der Waals surface area contributed by atoms with Gasteiger partial charge in [-0.25, -0.2) is 0 Å². The molecule has 188 valence electrons. The van der Waals surface area contributed by atoms with Crippen molar-refractivity contribution in [3.63, 3.8) is 0 Å². The number of rotatable bonds is 9. The fraction of sp³-hybridized carbons (Fsp3) is 0.241. The van der Waals surface area contributed by atoms with E-state index in [9.17, 15) is 4.79 Å². The predicted octanol–water partition coefficient (Wildman–Crippen LogP) is 3.93. The van der Waals surface area contributed by atoms with Crippen LogP contribution in [0.25, 0.3) is 10.9 Å². The van der Waals surface area contributed by atoms with Gasteiger partial charge in [0.15, 0.2) is 5.82 Å². The smallest absolute Gasteiger partial charge is 0.240 e. The number of nitrogens with one attached hydrogen (secondary N) is 2. The number of H-pyrrole nitrogens is 1. The van der Waals surface area contributed by atoms with Crippen LogP contribution in [0.3, 0.4) is 0 Å². The van der Waals surface area contributed by atoms with Gasteiger partial charge in [-0.15, -0.1) is 10.2 Å². The molecule has 8 nitrogen and oxygen atoms in total. The first-order valence-electron chi connectivity index (χ1n) is 12.4. The number of nitrogens with two attached hydrogens (primary N) is 1. The second kappa shape index (κ2) is 10.4. The fourth-order valence-corrected chi connectivity index (χ4v) is 4.43. The normalized spacial score (nSPS) is 12.5. The maximum atomic E-state index is 13.1. The third-order valence-electron chi connectivity index (χ3n) is 6.45. The first-order valence-corrected chi connectivity index (χ1v) is 12.4. The number of fused-ring (bicyclic) bond motifs is 1. The van der Waals surface area contributed by atoms with E-state index in [0.29, 0.717) is 25.2 Å². The quantitative estimate of drug-likeness (QED) is 0.288. The summed E-state index contributed by atoms with van der Waals surface area (Å²) in [5.41, 5.74) is 9.47. The van der Waals surface area contributed by atoms with E-state index in [1.807, 2.05) is 54.7 Å². The summed E-state index contributed by atoms with van der Waals surface area (Å²) in [4.78, 5) is 20.6. The maximum Gasteiger partial charge on any atom is 0.240 e. The Morgan fingerprint density at radius 2 is 1.73 bits per heavy atom. The zero-order valence-corrected chi connectivity index (χ0v) is 21.1. The molecule has 0 radical (unpaired) electrons. The number of para-hydroxylation sites is 1. The number of pyridine rings is 1. The number of hydrogen-bond donors (Lipinski definition) is 3. The van der Waals surface area contributed by atoms with E-state index >= 15 is 0 Å². The van der Waals surface area contributed by atoms with Gasteiger partial charge < -0.3 is 20.6 Å². The molecule has 1 atom stereocenters. The molecule has 5 rings (SSSR count). The van der Waals surface area contributed by atoms with Crippen molar-refractivity contribution in [2.75, 3.05) is 0 Å². The summed E-state index contributed by atoms with van der Waals surface area (Å²) in [5.74, 6) is 1.26. The molecule has 1 amide bonds. The number of aromatic nitrogens is 5. The summed E-state index contributed by atoms with van der Waals surface area (Å²) in [6.07, 6.45) is 6.70. The van der Waals surface area contributed by atoms with E-state index in [-0.39, 0.29) is 5.91 Å². The molecule has 0 spiro atoms. The molecule has 5 aromatic rings. The highest BCUT2D eigenvalue weighted by Crippen LogP contribution is 2.26. The number of nitrogens with zero attached hydrogens (tertiary/aromatic N) is 4. The zero-order chi connectivity index (χ0) is 25.8. The standard InChI is InChI=1S/C29H31N7O/c1-29(2,30)28(37)33-25(17-22-18-32-24-11-7-6-10-23(22)24)27-35-34-26(16-20-8-4-3-5-9-20)36(27)19-21-12-14-31-15-13-21/h3-15,18,25,32H,16-17,19,30H2,1-2H3,(H,33,37). The highest BCUT2D eigenvalue weighted by atomic mass is 16.2. The minimum atomic E-state index is -1.04. The van der Waals surface area contributed by atoms with Crippen molar-refractivity contribution in [2.45, 2.75) is 44.8 Å². The highest BCUT2D eigenvalue weighted by molar-refractivity contribution is 5.86. The molecule has 4 N–H and O–H groups in total. The largest absolute Gasteiger partial charge is 0.361 e. The zero-order valence-electron chi connectivity index (χ0n) is 21.1. The van der Waals surface area contributed by atoms with Gasteiger partial charge in [0.1, 0.15) is 5.82 Å². The minimum absolute atomic E-state index is 0.250. The van der Waals surface area contributed by atoms with Crippen LogP contribution in [0.2, 0.25) is 0 Å². The first-order chi connectivity index (χ1) is 17.9. The summed E-state index contributed by atoms with van der Waals surface area (Å²) in [6, 6.07) is 21.8. The van der Waals surface area contributed by atoms with Crippen molar-refractivity contribution in [3.05, 3.63) is 114 Å². The van der Waals surface area contributed by atoms with Crippen LogP contribution in [0.4, 0.5) is 0 Å². The Kier molecular flexibility index (Phi) is 6.83. The van der Waals surface area contributed by atoms with Gasteiger partial charge in [-0.3, -0.25) is 9.78 Å². The molecule has 3 aromatic heterocycles. The van der Waals surface area contributed by atoms with E-state index in [2.05, 4.69) is 48.2 Å². The Hall–Kier alpha value is -4.30. The molecule has 0 fully saturated rings. The summed E-state index contributed by atoms with van der Waals surface area (Å²) in [5, 5.41) is 13.5. The predicted molar refractivity (Wildman–Crippen MR) is 144 cm³/mol. The van der Waals surface area contributed by atoms with Crippen molar-refractivity contribution >= 4 is 16.8 Å². The van der Waals surface area contributed by atoms with E-state index in [1.54, 1.807) is 26.2 Å². The van der Waals surface area contributed by atoms with Crippen LogP contribution in [0.15, 0.2) is 85.3 Å². The van der Waals surface area contributed by atoms with Crippen molar-refractivity contribution < 1.29 is 4.79 Å². The molecule has 8 heteroatoms. The number of benzene rings is 2. The topological polar surface area (TPSA) is 115 Å². The lowest BCUT2D eigenvalue weighted by molar-refractivity contribution is -0.126. The summed E-state index contributed by atoms with van der Waals surface area (Å²) < 4.78 is 2.10. The lowest BCUT2D eigenvalue weighted by Gasteiger charge is -2.25. The molecule has 0 saturated heterocycles. The molecule has 3 heterocycles. The number of hydrogen-bond acceptors (Lipinski definition) is 5. The van der Waals surface area contributed by atoms with Crippen molar-refractivity contribution in [2.24, 2.45) is 5.73 Å². The van der Waals surface area contributed by atoms with Gasteiger partial charge in [-0.1, -0.05) is 48.5 Å². The Bertz CT molecular complexity index is 1480. The number of aromatic amines is 1. The minimum Gasteiger partial charge on any atom is -0.361 e. The average molecular weight is 494 g/mol. The lowest BCUT2D eigenvalue weighted by Crippen LogP contribution is -2.50. The number of amides is 1. The average Bonchev–Trinajstić information content (AvgIpc) is 3.48. The Morgan fingerprint density at radius 3 is 2.49 bits per heavy atom. The van der Waals surface area contributed by atoms with Crippen molar-refractivity contribution in [1.29, 1.82) is 0 Å². The molecule has 0 saturated carbocycles.